The van der Waals surface area contributed by atoms with Crippen LogP contribution in [0.5, 0.6) is 0 Å². The number of benzene rings is 1. The van der Waals surface area contributed by atoms with E-state index in [2.05, 4.69) is 27.7 Å². The maximum Gasteiger partial charge on any atom is 0.356 e. The van der Waals surface area contributed by atoms with Crippen molar-refractivity contribution >= 4 is 40.2 Å². The van der Waals surface area contributed by atoms with Crippen molar-refractivity contribution in [3.05, 3.63) is 43.7 Å². The van der Waals surface area contributed by atoms with Gasteiger partial charge in [-0.1, -0.05) is 11.6 Å². The van der Waals surface area contributed by atoms with E-state index in [9.17, 15) is 9.90 Å². The molecular formula is C13H10ClIN2O3. The number of carbonyl (C=O) groups is 1. The SMILES string of the molecule is O=C(O)c1nn(-c2ccc(I)cc2Cl)c2c1COCC2. The van der Waals surface area contributed by atoms with Crippen molar-refractivity contribution in [2.45, 2.75) is 13.0 Å². The van der Waals surface area contributed by atoms with Crippen molar-refractivity contribution in [2.75, 3.05) is 6.61 Å². The lowest BCUT2D eigenvalue weighted by Gasteiger charge is -2.15. The number of aromatic nitrogens is 2. The molecule has 0 aliphatic carbocycles. The third kappa shape index (κ3) is 2.32. The minimum Gasteiger partial charge on any atom is -0.476 e. The largest absolute Gasteiger partial charge is 0.476 e. The van der Waals surface area contributed by atoms with E-state index >= 15 is 0 Å². The van der Waals surface area contributed by atoms with E-state index in [1.54, 1.807) is 4.68 Å². The fraction of sp³-hybridized carbons (Fsp3) is 0.231. The van der Waals surface area contributed by atoms with Crippen LogP contribution in [0.4, 0.5) is 0 Å². The number of ether oxygens (including phenoxy) is 1. The molecule has 7 heteroatoms. The van der Waals surface area contributed by atoms with Crippen LogP contribution >= 0.6 is 34.2 Å². The minimum absolute atomic E-state index is 0.0364. The maximum atomic E-state index is 11.3. The predicted molar refractivity (Wildman–Crippen MR) is 81.6 cm³/mol. The number of hydrogen-bond donors (Lipinski definition) is 1. The lowest BCUT2D eigenvalue weighted by molar-refractivity contribution is 0.0677. The predicted octanol–water partition coefficient (Wildman–Crippen LogP) is 2.90. The normalized spacial score (nSPS) is 14.1. The summed E-state index contributed by atoms with van der Waals surface area (Å²) in [6.07, 6.45) is 0.623. The van der Waals surface area contributed by atoms with Gasteiger partial charge < -0.3 is 9.84 Å². The first-order valence-corrected chi connectivity index (χ1v) is 7.41. The molecule has 1 aliphatic heterocycles. The van der Waals surface area contributed by atoms with Crippen molar-refractivity contribution in [1.82, 2.24) is 9.78 Å². The van der Waals surface area contributed by atoms with E-state index in [0.717, 1.165) is 9.26 Å². The van der Waals surface area contributed by atoms with Crippen LogP contribution in [0.3, 0.4) is 0 Å². The third-order valence-corrected chi connectivity index (χ3v) is 4.13. The number of halogens is 2. The summed E-state index contributed by atoms with van der Waals surface area (Å²) < 4.78 is 7.97. The zero-order chi connectivity index (χ0) is 14.3. The number of fused-ring (bicyclic) bond motifs is 1. The number of rotatable bonds is 2. The maximum absolute atomic E-state index is 11.3. The van der Waals surface area contributed by atoms with Crippen LogP contribution in [0.15, 0.2) is 18.2 Å². The van der Waals surface area contributed by atoms with Crippen molar-refractivity contribution in [1.29, 1.82) is 0 Å². The molecule has 2 aromatic rings. The molecule has 0 fully saturated rings. The van der Waals surface area contributed by atoms with Crippen LogP contribution in [0.25, 0.3) is 5.69 Å². The molecule has 0 amide bonds. The molecule has 1 aromatic carbocycles. The van der Waals surface area contributed by atoms with Crippen molar-refractivity contribution in [3.63, 3.8) is 0 Å². The van der Waals surface area contributed by atoms with E-state index < -0.39 is 5.97 Å². The van der Waals surface area contributed by atoms with Gasteiger partial charge in [0, 0.05) is 15.6 Å². The highest BCUT2D eigenvalue weighted by Gasteiger charge is 2.26. The molecule has 5 nitrogen and oxygen atoms in total. The highest BCUT2D eigenvalue weighted by molar-refractivity contribution is 14.1. The summed E-state index contributed by atoms with van der Waals surface area (Å²) in [6, 6.07) is 5.58. The topological polar surface area (TPSA) is 64.3 Å². The molecular weight excluding hydrogens is 395 g/mol. The molecule has 0 atom stereocenters. The lowest BCUT2D eigenvalue weighted by atomic mass is 10.1. The molecule has 20 heavy (non-hydrogen) atoms. The third-order valence-electron chi connectivity index (χ3n) is 3.16. The Hall–Kier alpha value is -1.12. The van der Waals surface area contributed by atoms with E-state index in [4.69, 9.17) is 16.3 Å². The summed E-state index contributed by atoms with van der Waals surface area (Å²) >= 11 is 8.42. The second kappa shape index (κ2) is 5.34. The standard InChI is InChI=1S/C13H10ClIN2O3/c14-9-5-7(15)1-2-11(9)17-10-3-4-20-6-8(10)12(16-17)13(18)19/h1-2,5H,3-4,6H2,(H,18,19). The van der Waals surface area contributed by atoms with Crippen molar-refractivity contribution in [2.24, 2.45) is 0 Å². The summed E-state index contributed by atoms with van der Waals surface area (Å²) in [5.74, 6) is -1.05. The molecule has 0 saturated heterocycles. The minimum atomic E-state index is -1.05. The number of hydrogen-bond acceptors (Lipinski definition) is 3. The Labute approximate surface area is 133 Å². The Morgan fingerprint density at radius 1 is 1.50 bits per heavy atom. The monoisotopic (exact) mass is 404 g/mol. The van der Waals surface area contributed by atoms with Crippen LogP contribution in [-0.4, -0.2) is 27.5 Å². The molecule has 1 aromatic heterocycles. The molecule has 0 bridgehead atoms. The van der Waals surface area contributed by atoms with Crippen LogP contribution < -0.4 is 0 Å². The molecule has 2 heterocycles. The average Bonchev–Trinajstić information content (AvgIpc) is 2.78. The number of nitrogens with zero attached hydrogens (tertiary/aromatic N) is 2. The van der Waals surface area contributed by atoms with Gasteiger partial charge in [-0.25, -0.2) is 9.48 Å². The Morgan fingerprint density at radius 3 is 3.00 bits per heavy atom. The smallest absolute Gasteiger partial charge is 0.356 e. The molecule has 0 unspecified atom stereocenters. The van der Waals surface area contributed by atoms with Gasteiger partial charge in [-0.3, -0.25) is 0 Å². The molecule has 104 valence electrons. The molecule has 0 saturated carbocycles. The summed E-state index contributed by atoms with van der Waals surface area (Å²) in [4.78, 5) is 11.3. The van der Waals surface area contributed by atoms with Gasteiger partial charge in [-0.05, 0) is 40.8 Å². The average molecular weight is 405 g/mol. The zero-order valence-electron chi connectivity index (χ0n) is 10.3. The van der Waals surface area contributed by atoms with Crippen molar-refractivity contribution < 1.29 is 14.6 Å². The summed E-state index contributed by atoms with van der Waals surface area (Å²) in [6.45, 7) is 0.832. The van der Waals surface area contributed by atoms with E-state index in [0.29, 0.717) is 29.3 Å². The van der Waals surface area contributed by atoms with E-state index in [1.165, 1.54) is 0 Å². The van der Waals surface area contributed by atoms with Gasteiger partial charge in [-0.15, -0.1) is 0 Å². The Bertz CT molecular complexity index is 699. The summed E-state index contributed by atoms with van der Waals surface area (Å²) in [7, 11) is 0. The van der Waals surface area contributed by atoms with E-state index in [1.807, 2.05) is 18.2 Å². The first-order chi connectivity index (χ1) is 9.58. The summed E-state index contributed by atoms with van der Waals surface area (Å²) in [5.41, 5.74) is 2.22. The Kier molecular flexibility index (Phi) is 3.70. The second-order valence-electron chi connectivity index (χ2n) is 4.39. The molecule has 1 aliphatic rings. The van der Waals surface area contributed by atoms with Gasteiger partial charge >= 0.3 is 5.97 Å². The van der Waals surface area contributed by atoms with Crippen LogP contribution in [0.2, 0.25) is 5.02 Å². The lowest BCUT2D eigenvalue weighted by Crippen LogP contribution is -2.13. The number of aromatic carboxylic acids is 1. The van der Waals surface area contributed by atoms with Gasteiger partial charge in [-0.2, -0.15) is 5.10 Å². The number of carboxylic acids is 1. The van der Waals surface area contributed by atoms with Gasteiger partial charge in [0.1, 0.15) is 0 Å². The molecule has 1 N–H and O–H groups in total. The fourth-order valence-corrected chi connectivity index (χ4v) is 3.20. The molecule has 0 spiro atoms. The quantitative estimate of drug-likeness (QED) is 0.782. The Balaban J connectivity index is 2.21. The number of carboxylic acid groups (broad SMARTS) is 1. The second-order valence-corrected chi connectivity index (χ2v) is 6.04. The first kappa shape index (κ1) is 13.8. The fourth-order valence-electron chi connectivity index (χ4n) is 2.26. The highest BCUT2D eigenvalue weighted by Crippen LogP contribution is 2.28. The van der Waals surface area contributed by atoms with E-state index in [-0.39, 0.29) is 12.3 Å². The summed E-state index contributed by atoms with van der Waals surface area (Å²) in [5, 5.41) is 14.0. The van der Waals surface area contributed by atoms with Crippen molar-refractivity contribution in [3.8, 4) is 5.69 Å². The van der Waals surface area contributed by atoms with Gasteiger partial charge in [0.25, 0.3) is 0 Å². The van der Waals surface area contributed by atoms with Crippen LogP contribution in [0, 0.1) is 3.57 Å². The van der Waals surface area contributed by atoms with Crippen LogP contribution in [-0.2, 0) is 17.8 Å². The Morgan fingerprint density at radius 2 is 2.30 bits per heavy atom. The molecule has 0 radical (unpaired) electrons. The van der Waals surface area contributed by atoms with Gasteiger partial charge in [0.15, 0.2) is 5.69 Å². The van der Waals surface area contributed by atoms with Crippen LogP contribution in [0.1, 0.15) is 21.7 Å². The molecule has 3 rings (SSSR count). The highest BCUT2D eigenvalue weighted by atomic mass is 127. The van der Waals surface area contributed by atoms with Gasteiger partial charge in [0.2, 0.25) is 0 Å². The van der Waals surface area contributed by atoms with Gasteiger partial charge in [0.05, 0.1) is 29.6 Å². The zero-order valence-corrected chi connectivity index (χ0v) is 13.2. The first-order valence-electron chi connectivity index (χ1n) is 5.95.